The number of para-hydroxylation sites is 2. The predicted octanol–water partition coefficient (Wildman–Crippen LogP) is 2.55. The molecule has 1 atom stereocenters. The number of ether oxygens (including phenoxy) is 3. The van der Waals surface area contributed by atoms with Gasteiger partial charge in [0, 0.05) is 6.42 Å². The third-order valence-electron chi connectivity index (χ3n) is 4.44. The van der Waals surface area contributed by atoms with Crippen LogP contribution < -0.4 is 9.04 Å². The van der Waals surface area contributed by atoms with Gasteiger partial charge in [0.2, 0.25) is 6.10 Å². The molecule has 0 aliphatic carbocycles. The molecule has 0 N–H and O–H groups in total. The lowest BCUT2D eigenvalue weighted by atomic mass is 10.2. The van der Waals surface area contributed by atoms with E-state index in [1.54, 1.807) is 24.3 Å². The molecule has 0 spiro atoms. The molecule has 1 aliphatic heterocycles. The molecule has 1 heterocycles. The Morgan fingerprint density at radius 1 is 1.27 bits per heavy atom. The first-order valence-electron chi connectivity index (χ1n) is 9.13. The van der Waals surface area contributed by atoms with Crippen molar-refractivity contribution in [1.82, 2.24) is 0 Å². The van der Waals surface area contributed by atoms with Gasteiger partial charge in [0.1, 0.15) is 5.75 Å². The number of benzene rings is 2. The van der Waals surface area contributed by atoms with E-state index in [-0.39, 0.29) is 30.0 Å². The van der Waals surface area contributed by atoms with E-state index in [0.717, 1.165) is 4.31 Å². The van der Waals surface area contributed by atoms with Crippen molar-refractivity contribution in [2.75, 3.05) is 24.6 Å². The number of sulfonamides is 1. The molecule has 3 rings (SSSR count). The maximum atomic E-state index is 13.4. The van der Waals surface area contributed by atoms with E-state index < -0.39 is 28.1 Å². The van der Waals surface area contributed by atoms with Crippen molar-refractivity contribution in [2.45, 2.75) is 17.4 Å². The van der Waals surface area contributed by atoms with Crippen molar-refractivity contribution < 1.29 is 32.2 Å². The van der Waals surface area contributed by atoms with Gasteiger partial charge in [0.05, 0.1) is 36.4 Å². The standard InChI is InChI=1S/C21H21NO7S/c1-3-12-22(17-9-4-5-10-18(17)27-2)30(25,26)16-8-6-7-15(14-16)20(23)29-19-11-13-28-21(19)24/h3-10,14,19H,1,11-13H2,2H3/t19-/m0/s1. The summed E-state index contributed by atoms with van der Waals surface area (Å²) in [6, 6.07) is 12.1. The van der Waals surface area contributed by atoms with E-state index in [9.17, 15) is 18.0 Å². The number of rotatable bonds is 8. The Labute approximate surface area is 174 Å². The van der Waals surface area contributed by atoms with Crippen molar-refractivity contribution in [1.29, 1.82) is 0 Å². The molecule has 2 aromatic rings. The van der Waals surface area contributed by atoms with Crippen LogP contribution in [0.4, 0.5) is 5.69 Å². The molecule has 0 unspecified atom stereocenters. The topological polar surface area (TPSA) is 99.2 Å². The fourth-order valence-electron chi connectivity index (χ4n) is 2.97. The number of methoxy groups -OCH3 is 1. The summed E-state index contributed by atoms with van der Waals surface area (Å²) in [6.45, 7) is 3.81. The fraction of sp³-hybridized carbons (Fsp3) is 0.238. The van der Waals surface area contributed by atoms with E-state index in [0.29, 0.717) is 11.4 Å². The van der Waals surface area contributed by atoms with Crippen molar-refractivity contribution in [3.05, 3.63) is 66.7 Å². The molecule has 30 heavy (non-hydrogen) atoms. The first-order chi connectivity index (χ1) is 14.4. The normalized spacial score (nSPS) is 15.9. The van der Waals surface area contributed by atoms with Gasteiger partial charge in [-0.2, -0.15) is 0 Å². The summed E-state index contributed by atoms with van der Waals surface area (Å²) < 4.78 is 43.1. The number of hydrogen-bond donors (Lipinski definition) is 0. The molecular formula is C21H21NO7S. The van der Waals surface area contributed by atoms with Gasteiger partial charge in [-0.3, -0.25) is 4.31 Å². The van der Waals surface area contributed by atoms with E-state index >= 15 is 0 Å². The Kier molecular flexibility index (Phi) is 6.41. The Morgan fingerprint density at radius 2 is 2.03 bits per heavy atom. The van der Waals surface area contributed by atoms with Gasteiger partial charge in [-0.05, 0) is 30.3 Å². The molecule has 1 aliphatic rings. The highest BCUT2D eigenvalue weighted by Gasteiger charge is 2.31. The summed E-state index contributed by atoms with van der Waals surface area (Å²) in [5.74, 6) is -1.04. The number of cyclic esters (lactones) is 1. The second-order valence-electron chi connectivity index (χ2n) is 6.37. The monoisotopic (exact) mass is 431 g/mol. The van der Waals surface area contributed by atoms with E-state index in [4.69, 9.17) is 14.2 Å². The molecule has 1 saturated heterocycles. The van der Waals surface area contributed by atoms with Crippen LogP contribution >= 0.6 is 0 Å². The Bertz CT molecular complexity index is 1060. The predicted molar refractivity (Wildman–Crippen MR) is 109 cm³/mol. The molecular weight excluding hydrogens is 410 g/mol. The van der Waals surface area contributed by atoms with Gasteiger partial charge in [-0.25, -0.2) is 18.0 Å². The minimum atomic E-state index is -4.06. The van der Waals surface area contributed by atoms with Gasteiger partial charge in [0.15, 0.2) is 0 Å². The number of anilines is 1. The summed E-state index contributed by atoms with van der Waals surface area (Å²) in [5, 5.41) is 0. The quantitative estimate of drug-likeness (QED) is 0.468. The molecule has 1 fully saturated rings. The van der Waals surface area contributed by atoms with Crippen LogP contribution in [0.5, 0.6) is 5.75 Å². The number of esters is 2. The SMILES string of the molecule is C=CCN(c1ccccc1OC)S(=O)(=O)c1cccc(C(=O)O[C@H]2CCOC2=O)c1. The van der Waals surface area contributed by atoms with Crippen molar-refractivity contribution in [3.8, 4) is 5.75 Å². The van der Waals surface area contributed by atoms with Crippen LogP contribution in [0.15, 0.2) is 66.1 Å². The zero-order valence-electron chi connectivity index (χ0n) is 16.3. The molecule has 158 valence electrons. The van der Waals surface area contributed by atoms with Gasteiger partial charge >= 0.3 is 11.9 Å². The number of carbonyl (C=O) groups is 2. The lowest BCUT2D eigenvalue weighted by Crippen LogP contribution is -2.31. The maximum Gasteiger partial charge on any atom is 0.347 e. The molecule has 8 nitrogen and oxygen atoms in total. The summed E-state index contributed by atoms with van der Waals surface area (Å²) in [7, 11) is -2.61. The Balaban J connectivity index is 1.94. The summed E-state index contributed by atoms with van der Waals surface area (Å²) in [4.78, 5) is 23.8. The molecule has 0 bridgehead atoms. The summed E-state index contributed by atoms with van der Waals surface area (Å²) >= 11 is 0. The average molecular weight is 431 g/mol. The third-order valence-corrected chi connectivity index (χ3v) is 6.22. The molecule has 0 radical (unpaired) electrons. The minimum absolute atomic E-state index is 0.00864. The number of nitrogens with zero attached hydrogens (tertiary/aromatic N) is 1. The smallest absolute Gasteiger partial charge is 0.347 e. The Hall–Kier alpha value is -3.33. The molecule has 0 saturated carbocycles. The molecule has 9 heteroatoms. The number of carbonyl (C=O) groups excluding carboxylic acids is 2. The first kappa shape index (κ1) is 21.4. The highest BCUT2D eigenvalue weighted by Crippen LogP contribution is 2.32. The van der Waals surface area contributed by atoms with E-state index in [2.05, 4.69) is 6.58 Å². The molecule has 0 aromatic heterocycles. The minimum Gasteiger partial charge on any atom is -0.495 e. The largest absolute Gasteiger partial charge is 0.495 e. The Morgan fingerprint density at radius 3 is 2.70 bits per heavy atom. The second-order valence-corrected chi connectivity index (χ2v) is 8.24. The lowest BCUT2D eigenvalue weighted by molar-refractivity contribution is -0.145. The van der Waals surface area contributed by atoms with Crippen molar-refractivity contribution >= 4 is 27.6 Å². The zero-order valence-corrected chi connectivity index (χ0v) is 17.1. The van der Waals surface area contributed by atoms with Crippen LogP contribution in [0.3, 0.4) is 0 Å². The van der Waals surface area contributed by atoms with Crippen LogP contribution in [0, 0.1) is 0 Å². The summed E-state index contributed by atoms with van der Waals surface area (Å²) in [5.41, 5.74) is 0.343. The third kappa shape index (κ3) is 4.30. The first-order valence-corrected chi connectivity index (χ1v) is 10.6. The van der Waals surface area contributed by atoms with Crippen molar-refractivity contribution in [2.24, 2.45) is 0 Å². The van der Waals surface area contributed by atoms with Crippen molar-refractivity contribution in [3.63, 3.8) is 0 Å². The second kappa shape index (κ2) is 9.00. The van der Waals surface area contributed by atoms with Crippen LogP contribution in [0.1, 0.15) is 16.8 Å². The van der Waals surface area contributed by atoms with Gasteiger partial charge < -0.3 is 14.2 Å². The zero-order chi connectivity index (χ0) is 21.7. The van der Waals surface area contributed by atoms with E-state index in [1.807, 2.05) is 0 Å². The lowest BCUT2D eigenvalue weighted by Gasteiger charge is -2.25. The molecule has 0 amide bonds. The van der Waals surface area contributed by atoms with Gasteiger partial charge in [-0.1, -0.05) is 24.3 Å². The highest BCUT2D eigenvalue weighted by molar-refractivity contribution is 7.92. The van der Waals surface area contributed by atoms with Crippen LogP contribution in [-0.2, 0) is 24.3 Å². The molecule has 2 aromatic carbocycles. The van der Waals surface area contributed by atoms with Crippen LogP contribution in [0.25, 0.3) is 0 Å². The average Bonchev–Trinajstić information content (AvgIpc) is 3.16. The van der Waals surface area contributed by atoms with Gasteiger partial charge in [0.25, 0.3) is 10.0 Å². The van der Waals surface area contributed by atoms with Gasteiger partial charge in [-0.15, -0.1) is 6.58 Å². The maximum absolute atomic E-state index is 13.4. The van der Waals surface area contributed by atoms with E-state index in [1.165, 1.54) is 37.5 Å². The summed E-state index contributed by atoms with van der Waals surface area (Å²) in [6.07, 6.45) is 0.737. The van der Waals surface area contributed by atoms with Crippen LogP contribution in [-0.4, -0.2) is 46.7 Å². The number of hydrogen-bond acceptors (Lipinski definition) is 7. The van der Waals surface area contributed by atoms with Crippen LogP contribution in [0.2, 0.25) is 0 Å². The fourth-order valence-corrected chi connectivity index (χ4v) is 4.46. The highest BCUT2D eigenvalue weighted by atomic mass is 32.2.